The van der Waals surface area contributed by atoms with E-state index >= 15 is 0 Å². The smallest absolute Gasteiger partial charge is 0.197 e. The van der Waals surface area contributed by atoms with Crippen molar-refractivity contribution in [3.63, 3.8) is 0 Å². The second-order valence-electron chi connectivity index (χ2n) is 4.76. The molecule has 8 heteroatoms. The van der Waals surface area contributed by atoms with Crippen molar-refractivity contribution >= 4 is 40.7 Å². The number of aromatic amines is 1. The third kappa shape index (κ3) is 3.77. The van der Waals surface area contributed by atoms with Crippen LogP contribution in [-0.2, 0) is 4.79 Å². The van der Waals surface area contributed by atoms with Crippen molar-refractivity contribution in [2.45, 2.75) is 12.1 Å². The van der Waals surface area contributed by atoms with Crippen molar-refractivity contribution < 1.29 is 9.21 Å². The van der Waals surface area contributed by atoms with Gasteiger partial charge in [0.25, 0.3) is 0 Å². The van der Waals surface area contributed by atoms with Gasteiger partial charge in [-0.3, -0.25) is 4.79 Å². The van der Waals surface area contributed by atoms with Gasteiger partial charge >= 0.3 is 0 Å². The molecule has 0 aliphatic heterocycles. The molecule has 23 heavy (non-hydrogen) atoms. The molecule has 0 radical (unpaired) electrons. The zero-order valence-electron chi connectivity index (χ0n) is 12.0. The lowest BCUT2D eigenvalue weighted by Crippen LogP contribution is -1.93. The van der Waals surface area contributed by atoms with Gasteiger partial charge in [0, 0.05) is 5.56 Å². The van der Waals surface area contributed by atoms with Gasteiger partial charge < -0.3 is 9.40 Å². The number of H-pyrrole nitrogens is 1. The van der Waals surface area contributed by atoms with E-state index in [0.717, 1.165) is 5.56 Å². The van der Waals surface area contributed by atoms with Crippen LogP contribution in [0.15, 0.2) is 39.9 Å². The van der Waals surface area contributed by atoms with E-state index in [1.54, 1.807) is 18.2 Å². The highest BCUT2D eigenvalue weighted by molar-refractivity contribution is 7.99. The number of carbonyl (C=O) groups is 1. The number of thioether (sulfide) groups is 1. The van der Waals surface area contributed by atoms with Crippen molar-refractivity contribution in [2.75, 3.05) is 5.75 Å². The maximum Gasteiger partial charge on any atom is 0.197 e. The maximum absolute atomic E-state index is 11.0. The van der Waals surface area contributed by atoms with Gasteiger partial charge in [-0.25, -0.2) is 0 Å². The number of Topliss-reactive ketones (excluding diaryl/α,β-unsaturated/α-hetero) is 1. The molecule has 2 heterocycles. The quantitative estimate of drug-likeness (QED) is 0.660. The molecule has 0 aliphatic rings. The Balaban J connectivity index is 1.81. The van der Waals surface area contributed by atoms with E-state index in [1.165, 1.54) is 18.7 Å². The first-order valence-electron chi connectivity index (χ1n) is 6.63. The van der Waals surface area contributed by atoms with Gasteiger partial charge in [-0.1, -0.05) is 35.0 Å². The zero-order chi connectivity index (χ0) is 16.4. The van der Waals surface area contributed by atoms with Crippen LogP contribution in [0.2, 0.25) is 10.0 Å². The molecule has 2 aromatic heterocycles. The first kappa shape index (κ1) is 16.1. The lowest BCUT2D eigenvalue weighted by atomic mass is 10.2. The summed E-state index contributed by atoms with van der Waals surface area (Å²) in [7, 11) is 0. The molecule has 0 amide bonds. The topological polar surface area (TPSA) is 71.8 Å². The molecule has 3 aromatic rings. The number of halogens is 2. The number of nitrogens with one attached hydrogen (secondary N) is 1. The molecule has 1 N–H and O–H groups in total. The molecule has 0 aliphatic carbocycles. The Kier molecular flexibility index (Phi) is 4.75. The van der Waals surface area contributed by atoms with Gasteiger partial charge in [-0.2, -0.15) is 0 Å². The summed E-state index contributed by atoms with van der Waals surface area (Å²) in [5.74, 6) is 2.12. The fourth-order valence-corrected chi connectivity index (χ4v) is 2.77. The normalized spacial score (nSPS) is 10.9. The Labute approximate surface area is 146 Å². The molecule has 0 bridgehead atoms. The highest BCUT2D eigenvalue weighted by Crippen LogP contribution is 2.31. The second kappa shape index (κ2) is 6.78. The monoisotopic (exact) mass is 367 g/mol. The molecule has 0 fully saturated rings. The number of carbonyl (C=O) groups excluding carboxylic acids is 1. The molecule has 118 valence electrons. The Bertz CT molecular complexity index is 860. The minimum absolute atomic E-state index is 0.0767. The van der Waals surface area contributed by atoms with Crippen molar-refractivity contribution in [3.05, 3.63) is 40.4 Å². The summed E-state index contributed by atoms with van der Waals surface area (Å²) in [4.78, 5) is 14.0. The summed E-state index contributed by atoms with van der Waals surface area (Å²) in [5.41, 5.74) is 0.816. The molecule has 0 saturated carbocycles. The zero-order valence-corrected chi connectivity index (χ0v) is 14.3. The van der Waals surface area contributed by atoms with Crippen molar-refractivity contribution in [1.82, 2.24) is 15.2 Å². The van der Waals surface area contributed by atoms with Crippen molar-refractivity contribution in [2.24, 2.45) is 0 Å². The molecular formula is C15H11Cl2N3O2S. The third-order valence-electron chi connectivity index (χ3n) is 2.92. The van der Waals surface area contributed by atoms with Crippen LogP contribution in [0.25, 0.3) is 22.9 Å². The van der Waals surface area contributed by atoms with Gasteiger partial charge in [-0.15, -0.1) is 10.2 Å². The van der Waals surface area contributed by atoms with Crippen LogP contribution in [-0.4, -0.2) is 26.7 Å². The van der Waals surface area contributed by atoms with E-state index in [4.69, 9.17) is 27.6 Å². The van der Waals surface area contributed by atoms with Gasteiger partial charge in [0.05, 0.1) is 15.8 Å². The van der Waals surface area contributed by atoms with Gasteiger partial charge in [0.1, 0.15) is 11.5 Å². The lowest BCUT2D eigenvalue weighted by molar-refractivity contribution is -0.114. The van der Waals surface area contributed by atoms with Crippen LogP contribution in [0.1, 0.15) is 6.92 Å². The average molecular weight is 368 g/mol. The summed E-state index contributed by atoms with van der Waals surface area (Å²) < 4.78 is 5.78. The van der Waals surface area contributed by atoms with Crippen LogP contribution in [0.4, 0.5) is 0 Å². The molecule has 0 unspecified atom stereocenters. The lowest BCUT2D eigenvalue weighted by Gasteiger charge is -1.99. The summed E-state index contributed by atoms with van der Waals surface area (Å²) in [6.07, 6.45) is 0. The van der Waals surface area contributed by atoms with Crippen molar-refractivity contribution in [3.8, 4) is 22.9 Å². The summed E-state index contributed by atoms with van der Waals surface area (Å²) in [6, 6.07) is 8.89. The Morgan fingerprint density at radius 2 is 1.96 bits per heavy atom. The van der Waals surface area contributed by atoms with Crippen LogP contribution in [0.5, 0.6) is 0 Å². The fourth-order valence-electron chi connectivity index (χ4n) is 1.86. The number of rotatable bonds is 5. The number of furan rings is 1. The number of aromatic nitrogens is 3. The van der Waals surface area contributed by atoms with Crippen molar-refractivity contribution in [1.29, 1.82) is 0 Å². The van der Waals surface area contributed by atoms with E-state index in [0.29, 0.717) is 38.3 Å². The van der Waals surface area contributed by atoms with Crippen LogP contribution in [0, 0.1) is 0 Å². The fraction of sp³-hybridized carbons (Fsp3) is 0.133. The van der Waals surface area contributed by atoms with Crippen LogP contribution in [0.3, 0.4) is 0 Å². The average Bonchev–Trinajstić information content (AvgIpc) is 3.16. The molecule has 0 atom stereocenters. The number of benzene rings is 1. The van der Waals surface area contributed by atoms with E-state index < -0.39 is 0 Å². The van der Waals surface area contributed by atoms with Gasteiger partial charge in [0.15, 0.2) is 16.7 Å². The minimum Gasteiger partial charge on any atom is -0.453 e. The molecule has 5 nitrogen and oxygen atoms in total. The molecular weight excluding hydrogens is 357 g/mol. The summed E-state index contributed by atoms with van der Waals surface area (Å²) in [5, 5.41) is 9.53. The number of hydrogen-bond acceptors (Lipinski definition) is 5. The Hall–Kier alpha value is -1.76. The Morgan fingerprint density at radius 3 is 2.70 bits per heavy atom. The van der Waals surface area contributed by atoms with E-state index in [-0.39, 0.29) is 5.78 Å². The van der Waals surface area contributed by atoms with Gasteiger partial charge in [-0.05, 0) is 37.3 Å². The van der Waals surface area contributed by atoms with E-state index in [9.17, 15) is 4.79 Å². The van der Waals surface area contributed by atoms with E-state index in [2.05, 4.69) is 15.2 Å². The number of nitrogens with zero attached hydrogens (tertiary/aromatic N) is 2. The standard InChI is InChI=1S/C15H11Cl2N3O2S/c1-8(21)7-23-15-18-14(19-20-15)13-5-4-12(22-13)9-2-3-10(16)11(17)6-9/h2-6H,7H2,1H3,(H,18,19,20). The molecule has 3 rings (SSSR count). The van der Waals surface area contributed by atoms with Crippen LogP contribution < -0.4 is 0 Å². The largest absolute Gasteiger partial charge is 0.453 e. The maximum atomic E-state index is 11.0. The first-order chi connectivity index (χ1) is 11.0. The summed E-state index contributed by atoms with van der Waals surface area (Å²) in [6.45, 7) is 1.53. The third-order valence-corrected chi connectivity index (χ3v) is 4.67. The predicted octanol–water partition coefficient (Wildman–Crippen LogP) is 4.72. The Morgan fingerprint density at radius 1 is 1.17 bits per heavy atom. The predicted molar refractivity (Wildman–Crippen MR) is 90.9 cm³/mol. The minimum atomic E-state index is 0.0767. The second-order valence-corrected chi connectivity index (χ2v) is 6.54. The number of hydrogen-bond donors (Lipinski definition) is 1. The first-order valence-corrected chi connectivity index (χ1v) is 8.37. The molecule has 0 saturated heterocycles. The van der Waals surface area contributed by atoms with E-state index in [1.807, 2.05) is 12.1 Å². The molecule has 0 spiro atoms. The molecule has 1 aromatic carbocycles. The highest BCUT2D eigenvalue weighted by Gasteiger charge is 2.12. The highest BCUT2D eigenvalue weighted by atomic mass is 35.5. The summed E-state index contributed by atoms with van der Waals surface area (Å²) >= 11 is 13.2. The number of ketones is 1. The van der Waals surface area contributed by atoms with Gasteiger partial charge in [0.2, 0.25) is 0 Å². The SMILES string of the molecule is CC(=O)CSc1nnc(-c2ccc(-c3ccc(Cl)c(Cl)c3)o2)[nH]1. The van der Waals surface area contributed by atoms with Crippen LogP contribution >= 0.6 is 35.0 Å².